The van der Waals surface area contributed by atoms with Gasteiger partial charge in [0.2, 0.25) is 5.91 Å². The maximum Gasteiger partial charge on any atom is 0.276 e. The van der Waals surface area contributed by atoms with Gasteiger partial charge in [0.15, 0.2) is 5.82 Å². The molecule has 1 fully saturated rings. The van der Waals surface area contributed by atoms with E-state index in [0.29, 0.717) is 29.7 Å². The Hall–Kier alpha value is -3.02. The van der Waals surface area contributed by atoms with Crippen LogP contribution in [0.2, 0.25) is 0 Å². The molecule has 0 aliphatic carbocycles. The van der Waals surface area contributed by atoms with Crippen LogP contribution in [0.4, 0.5) is 0 Å². The smallest absolute Gasteiger partial charge is 0.276 e. The number of aromatic nitrogens is 3. The Morgan fingerprint density at radius 1 is 1.10 bits per heavy atom. The highest BCUT2D eigenvalue weighted by atomic mass is 16.5. The van der Waals surface area contributed by atoms with Gasteiger partial charge in [-0.3, -0.25) is 9.78 Å². The van der Waals surface area contributed by atoms with Crippen molar-refractivity contribution in [2.45, 2.75) is 38.5 Å². The van der Waals surface area contributed by atoms with Gasteiger partial charge >= 0.3 is 0 Å². The first-order valence-corrected chi connectivity index (χ1v) is 10.3. The van der Waals surface area contributed by atoms with Crippen molar-refractivity contribution >= 4 is 5.91 Å². The molecule has 150 valence electrons. The number of amides is 1. The van der Waals surface area contributed by atoms with E-state index >= 15 is 0 Å². The van der Waals surface area contributed by atoms with Gasteiger partial charge in [-0.15, -0.1) is 0 Å². The lowest BCUT2D eigenvalue weighted by Crippen LogP contribution is -2.40. The highest BCUT2D eigenvalue weighted by molar-refractivity contribution is 5.76. The molecular formula is C23H26N4O2. The number of likely N-dealkylation sites (tertiary alicyclic amines) is 1. The van der Waals surface area contributed by atoms with Gasteiger partial charge in [-0.05, 0) is 49.3 Å². The molecule has 1 aliphatic heterocycles. The number of benzene rings is 1. The van der Waals surface area contributed by atoms with Crippen LogP contribution >= 0.6 is 0 Å². The molecule has 3 heterocycles. The van der Waals surface area contributed by atoms with E-state index in [4.69, 9.17) is 4.52 Å². The third-order valence-corrected chi connectivity index (χ3v) is 5.47. The average Bonchev–Trinajstić information content (AvgIpc) is 3.27. The minimum atomic E-state index is 0.260. The largest absolute Gasteiger partial charge is 0.342 e. The molecular weight excluding hydrogens is 364 g/mol. The summed E-state index contributed by atoms with van der Waals surface area (Å²) in [7, 11) is 0. The maximum absolute atomic E-state index is 12.6. The third-order valence-electron chi connectivity index (χ3n) is 5.47. The molecule has 0 spiro atoms. The summed E-state index contributed by atoms with van der Waals surface area (Å²) in [4.78, 5) is 23.4. The van der Waals surface area contributed by atoms with Gasteiger partial charge in [0, 0.05) is 32.1 Å². The Morgan fingerprint density at radius 2 is 1.97 bits per heavy atom. The number of rotatable bonds is 7. The zero-order valence-electron chi connectivity index (χ0n) is 16.5. The topological polar surface area (TPSA) is 72.1 Å². The number of aryl methyl sites for hydroxylation is 2. The molecule has 2 aromatic heterocycles. The van der Waals surface area contributed by atoms with E-state index in [0.717, 1.165) is 45.2 Å². The van der Waals surface area contributed by atoms with Crippen LogP contribution in [-0.2, 0) is 17.6 Å². The number of hydrogen-bond donors (Lipinski definition) is 0. The summed E-state index contributed by atoms with van der Waals surface area (Å²) in [6.45, 7) is 1.70. The molecule has 1 saturated heterocycles. The number of carbonyl (C=O) groups excluding carboxylic acids is 1. The summed E-state index contributed by atoms with van der Waals surface area (Å²) in [5.41, 5.74) is 1.91. The van der Waals surface area contributed by atoms with Crippen LogP contribution in [0.3, 0.4) is 0 Å². The Kier molecular flexibility index (Phi) is 6.29. The molecule has 1 atom stereocenters. The van der Waals surface area contributed by atoms with Gasteiger partial charge in [0.05, 0.1) is 0 Å². The summed E-state index contributed by atoms with van der Waals surface area (Å²) in [5, 5.41) is 4.09. The average molecular weight is 390 g/mol. The standard InChI is InChI=1S/C23H26N4O2/c28-22(14-12-18-7-2-1-3-8-18)27-16-6-9-19(17-27)11-13-21-25-23(29-26-21)20-10-4-5-15-24-20/h1-5,7-8,10,15,19H,6,9,11-14,16-17H2. The summed E-state index contributed by atoms with van der Waals surface area (Å²) in [6, 6.07) is 15.8. The van der Waals surface area contributed by atoms with Crippen LogP contribution in [-0.4, -0.2) is 39.0 Å². The van der Waals surface area contributed by atoms with Crippen LogP contribution < -0.4 is 0 Å². The van der Waals surface area contributed by atoms with Gasteiger partial charge in [0.25, 0.3) is 5.89 Å². The predicted molar refractivity (Wildman–Crippen MR) is 110 cm³/mol. The molecule has 0 radical (unpaired) electrons. The van der Waals surface area contributed by atoms with Crippen LogP contribution in [0, 0.1) is 5.92 Å². The molecule has 6 nitrogen and oxygen atoms in total. The van der Waals surface area contributed by atoms with E-state index in [1.807, 2.05) is 41.3 Å². The molecule has 6 heteroatoms. The zero-order chi connectivity index (χ0) is 19.9. The molecule has 1 amide bonds. The Balaban J connectivity index is 1.26. The zero-order valence-corrected chi connectivity index (χ0v) is 16.5. The normalized spacial score (nSPS) is 16.7. The van der Waals surface area contributed by atoms with Crippen LogP contribution in [0.5, 0.6) is 0 Å². The number of hydrogen-bond acceptors (Lipinski definition) is 5. The van der Waals surface area contributed by atoms with Crippen molar-refractivity contribution in [3.63, 3.8) is 0 Å². The third kappa shape index (κ3) is 5.28. The first kappa shape index (κ1) is 19.3. The fraction of sp³-hybridized carbons (Fsp3) is 0.391. The summed E-state index contributed by atoms with van der Waals surface area (Å²) >= 11 is 0. The molecule has 3 aromatic rings. The van der Waals surface area contributed by atoms with E-state index in [2.05, 4.69) is 27.3 Å². The van der Waals surface area contributed by atoms with Crippen molar-refractivity contribution in [1.82, 2.24) is 20.0 Å². The molecule has 1 unspecified atom stereocenters. The first-order chi connectivity index (χ1) is 14.3. The summed E-state index contributed by atoms with van der Waals surface area (Å²) < 4.78 is 5.34. The van der Waals surface area contributed by atoms with Crippen LogP contribution in [0.25, 0.3) is 11.6 Å². The Bertz CT molecular complexity index is 911. The first-order valence-electron chi connectivity index (χ1n) is 10.3. The van der Waals surface area contributed by atoms with Gasteiger partial charge < -0.3 is 9.42 Å². The lowest BCUT2D eigenvalue weighted by atomic mass is 9.93. The lowest BCUT2D eigenvalue weighted by Gasteiger charge is -2.32. The number of pyridine rings is 1. The second-order valence-corrected chi connectivity index (χ2v) is 7.60. The van der Waals surface area contributed by atoms with Crippen molar-refractivity contribution in [1.29, 1.82) is 0 Å². The van der Waals surface area contributed by atoms with E-state index in [1.165, 1.54) is 5.56 Å². The van der Waals surface area contributed by atoms with E-state index in [9.17, 15) is 4.79 Å². The Labute approximate surface area is 171 Å². The monoisotopic (exact) mass is 390 g/mol. The second kappa shape index (κ2) is 9.45. The minimum Gasteiger partial charge on any atom is -0.342 e. The highest BCUT2D eigenvalue weighted by Gasteiger charge is 2.24. The molecule has 1 aromatic carbocycles. The maximum atomic E-state index is 12.6. The van der Waals surface area contributed by atoms with Crippen LogP contribution in [0.1, 0.15) is 37.1 Å². The van der Waals surface area contributed by atoms with E-state index in [1.54, 1.807) is 6.20 Å². The van der Waals surface area contributed by atoms with Crippen molar-refractivity contribution in [3.05, 3.63) is 66.1 Å². The lowest BCUT2D eigenvalue weighted by molar-refractivity contribution is -0.133. The molecule has 1 aliphatic rings. The highest BCUT2D eigenvalue weighted by Crippen LogP contribution is 2.23. The molecule has 0 bridgehead atoms. The fourth-order valence-corrected chi connectivity index (χ4v) is 3.86. The van der Waals surface area contributed by atoms with Crippen molar-refractivity contribution in [2.24, 2.45) is 5.92 Å². The predicted octanol–water partition coefficient (Wildman–Crippen LogP) is 3.94. The van der Waals surface area contributed by atoms with Gasteiger partial charge in [-0.2, -0.15) is 4.98 Å². The molecule has 0 N–H and O–H groups in total. The van der Waals surface area contributed by atoms with Gasteiger partial charge in [-0.25, -0.2) is 0 Å². The van der Waals surface area contributed by atoms with Gasteiger partial charge in [-0.1, -0.05) is 41.6 Å². The van der Waals surface area contributed by atoms with Crippen LogP contribution in [0.15, 0.2) is 59.3 Å². The minimum absolute atomic E-state index is 0.260. The summed E-state index contributed by atoms with van der Waals surface area (Å²) in [5.74, 6) is 1.91. The van der Waals surface area contributed by atoms with Crippen molar-refractivity contribution in [2.75, 3.05) is 13.1 Å². The second-order valence-electron chi connectivity index (χ2n) is 7.60. The van der Waals surface area contributed by atoms with Gasteiger partial charge in [0.1, 0.15) is 5.69 Å². The molecule has 29 heavy (non-hydrogen) atoms. The van der Waals surface area contributed by atoms with Crippen molar-refractivity contribution in [3.8, 4) is 11.6 Å². The SMILES string of the molecule is O=C(CCc1ccccc1)N1CCCC(CCc2noc(-c3ccccn3)n2)C1. The number of piperidine rings is 1. The number of nitrogens with zero attached hydrogens (tertiary/aromatic N) is 4. The number of carbonyl (C=O) groups is 1. The quantitative estimate of drug-likeness (QED) is 0.611. The summed E-state index contributed by atoms with van der Waals surface area (Å²) in [6.07, 6.45) is 7.02. The molecule has 0 saturated carbocycles. The van der Waals surface area contributed by atoms with E-state index < -0.39 is 0 Å². The van der Waals surface area contributed by atoms with Crippen molar-refractivity contribution < 1.29 is 9.32 Å². The van der Waals surface area contributed by atoms with E-state index in [-0.39, 0.29) is 5.91 Å². The fourth-order valence-electron chi connectivity index (χ4n) is 3.86. The Morgan fingerprint density at radius 3 is 2.79 bits per heavy atom. The molecule has 4 rings (SSSR count).